The van der Waals surface area contributed by atoms with Crippen LogP contribution in [0.3, 0.4) is 0 Å². The van der Waals surface area contributed by atoms with Crippen LogP contribution < -0.4 is 9.47 Å². The molecule has 2 aromatic rings. The van der Waals surface area contributed by atoms with Gasteiger partial charge in [0.25, 0.3) is 0 Å². The standard InChI is InChI=1S/C29H38F3N3O7/c1-15(2)41-25-19(10-9-11-33-25)21-23(40-14-17-12-18(29(30,31)32)13-34-24(17)39-8)20(28(5,6)7)22(26(36)37)35(21)27(38)42-16(3)4/h9-13,15-16,20-23H,14H2,1-8H3,(H,36,37)/t20-,21+,22+,23+/m1/s1. The maximum Gasteiger partial charge on any atom is 0.417 e. The van der Waals surface area contributed by atoms with Gasteiger partial charge >= 0.3 is 18.2 Å². The van der Waals surface area contributed by atoms with Crippen LogP contribution in [0.1, 0.15) is 71.2 Å². The molecule has 0 bridgehead atoms. The van der Waals surface area contributed by atoms with Crippen molar-refractivity contribution in [2.75, 3.05) is 7.11 Å². The Balaban J connectivity index is 2.24. The van der Waals surface area contributed by atoms with Crippen LogP contribution in [0.4, 0.5) is 18.0 Å². The highest BCUT2D eigenvalue weighted by Crippen LogP contribution is 2.51. The van der Waals surface area contributed by atoms with Crippen molar-refractivity contribution in [3.63, 3.8) is 0 Å². The number of nitrogens with zero attached hydrogens (tertiary/aromatic N) is 3. The Labute approximate surface area is 243 Å². The normalized spacial score (nSPS) is 21.1. The highest BCUT2D eigenvalue weighted by atomic mass is 19.4. The van der Waals surface area contributed by atoms with E-state index in [4.69, 9.17) is 18.9 Å². The van der Waals surface area contributed by atoms with Crippen LogP contribution in [-0.2, 0) is 27.1 Å². The molecule has 3 rings (SSSR count). The van der Waals surface area contributed by atoms with E-state index in [-0.39, 0.29) is 23.4 Å². The van der Waals surface area contributed by atoms with Crippen molar-refractivity contribution >= 4 is 12.1 Å². The lowest BCUT2D eigenvalue weighted by molar-refractivity contribution is -0.145. The predicted molar refractivity (Wildman–Crippen MR) is 145 cm³/mol. The number of halogens is 3. The van der Waals surface area contributed by atoms with E-state index < -0.39 is 66.0 Å². The minimum atomic E-state index is -4.66. The Bertz CT molecular complexity index is 1260. The molecule has 2 aromatic heterocycles. The Morgan fingerprint density at radius 3 is 2.26 bits per heavy atom. The summed E-state index contributed by atoms with van der Waals surface area (Å²) in [4.78, 5) is 35.7. The molecular weight excluding hydrogens is 559 g/mol. The minimum absolute atomic E-state index is 0.00124. The van der Waals surface area contributed by atoms with E-state index in [1.807, 2.05) is 0 Å². The lowest BCUT2D eigenvalue weighted by Crippen LogP contribution is -2.47. The van der Waals surface area contributed by atoms with Gasteiger partial charge in [0.2, 0.25) is 11.8 Å². The fraction of sp³-hybridized carbons (Fsp3) is 0.586. The second-order valence-corrected chi connectivity index (χ2v) is 11.7. The summed E-state index contributed by atoms with van der Waals surface area (Å²) in [5.41, 5.74) is -1.40. The number of likely N-dealkylation sites (tertiary alicyclic amines) is 1. The van der Waals surface area contributed by atoms with E-state index in [0.29, 0.717) is 11.8 Å². The zero-order valence-electron chi connectivity index (χ0n) is 24.9. The van der Waals surface area contributed by atoms with Crippen LogP contribution >= 0.6 is 0 Å². The molecule has 1 amide bonds. The number of methoxy groups -OCH3 is 1. The Kier molecular flexibility index (Phi) is 9.96. The zero-order valence-corrected chi connectivity index (χ0v) is 24.9. The van der Waals surface area contributed by atoms with Gasteiger partial charge in [0.05, 0.1) is 43.6 Å². The van der Waals surface area contributed by atoms with Gasteiger partial charge in [-0.05, 0) is 51.3 Å². The molecule has 0 unspecified atom stereocenters. The van der Waals surface area contributed by atoms with Gasteiger partial charge in [0.1, 0.15) is 6.04 Å². The minimum Gasteiger partial charge on any atom is -0.481 e. The molecule has 1 fully saturated rings. The van der Waals surface area contributed by atoms with E-state index in [9.17, 15) is 27.9 Å². The van der Waals surface area contributed by atoms with Gasteiger partial charge in [0, 0.05) is 29.4 Å². The van der Waals surface area contributed by atoms with Gasteiger partial charge in [-0.2, -0.15) is 13.2 Å². The number of aromatic nitrogens is 2. The van der Waals surface area contributed by atoms with Gasteiger partial charge in [-0.1, -0.05) is 20.8 Å². The first-order valence-corrected chi connectivity index (χ1v) is 13.5. The number of ether oxygens (including phenoxy) is 4. The maximum absolute atomic E-state index is 13.6. The fourth-order valence-electron chi connectivity index (χ4n) is 5.21. The van der Waals surface area contributed by atoms with Crippen LogP contribution in [0.15, 0.2) is 30.6 Å². The van der Waals surface area contributed by atoms with Crippen LogP contribution in [0.5, 0.6) is 11.8 Å². The Morgan fingerprint density at radius 2 is 1.74 bits per heavy atom. The van der Waals surface area contributed by atoms with Crippen molar-refractivity contribution < 1.29 is 46.8 Å². The fourth-order valence-corrected chi connectivity index (χ4v) is 5.21. The molecule has 0 saturated carbocycles. The average molecular weight is 598 g/mol. The summed E-state index contributed by atoms with van der Waals surface area (Å²) in [6, 6.07) is 1.63. The van der Waals surface area contributed by atoms with Gasteiger partial charge in [-0.15, -0.1) is 0 Å². The van der Waals surface area contributed by atoms with E-state index in [1.54, 1.807) is 60.6 Å². The van der Waals surface area contributed by atoms with Crippen molar-refractivity contribution in [3.05, 3.63) is 47.3 Å². The van der Waals surface area contributed by atoms with E-state index in [1.165, 1.54) is 13.3 Å². The molecule has 42 heavy (non-hydrogen) atoms. The summed E-state index contributed by atoms with van der Waals surface area (Å²) in [7, 11) is 1.27. The van der Waals surface area contributed by atoms with E-state index >= 15 is 0 Å². The van der Waals surface area contributed by atoms with Gasteiger partial charge in [-0.3, -0.25) is 4.90 Å². The number of carboxylic acid groups (broad SMARTS) is 1. The van der Waals surface area contributed by atoms with Crippen LogP contribution in [-0.4, -0.2) is 63.5 Å². The largest absolute Gasteiger partial charge is 0.481 e. The number of hydrogen-bond donors (Lipinski definition) is 1. The van der Waals surface area contributed by atoms with Crippen LogP contribution in [0.25, 0.3) is 0 Å². The molecule has 3 heterocycles. The Morgan fingerprint density at radius 1 is 1.07 bits per heavy atom. The third-order valence-corrected chi connectivity index (χ3v) is 6.75. The zero-order chi connectivity index (χ0) is 31.6. The summed E-state index contributed by atoms with van der Waals surface area (Å²) in [5.74, 6) is -2.07. The van der Waals surface area contributed by atoms with Gasteiger partial charge in [-0.25, -0.2) is 19.6 Å². The maximum atomic E-state index is 13.6. The number of hydrogen-bond acceptors (Lipinski definition) is 8. The number of carbonyl (C=O) groups excluding carboxylic acids is 1. The number of rotatable bonds is 9. The number of pyridine rings is 2. The molecule has 1 aliphatic heterocycles. The third-order valence-electron chi connectivity index (χ3n) is 6.75. The van der Waals surface area contributed by atoms with Crippen molar-refractivity contribution in [2.24, 2.45) is 11.3 Å². The first-order chi connectivity index (χ1) is 19.5. The number of amides is 1. The molecule has 10 nitrogen and oxygen atoms in total. The summed E-state index contributed by atoms with van der Waals surface area (Å²) in [5, 5.41) is 10.5. The molecule has 13 heteroatoms. The summed E-state index contributed by atoms with van der Waals surface area (Å²) < 4.78 is 63.5. The molecule has 232 valence electrons. The van der Waals surface area contributed by atoms with Crippen molar-refractivity contribution in [3.8, 4) is 11.8 Å². The number of aliphatic carboxylic acids is 1. The van der Waals surface area contributed by atoms with Crippen LogP contribution in [0, 0.1) is 11.3 Å². The molecule has 1 N–H and O–H groups in total. The topological polar surface area (TPSA) is 120 Å². The summed E-state index contributed by atoms with van der Waals surface area (Å²) in [6.45, 7) is 11.8. The number of alkyl halides is 3. The second kappa shape index (κ2) is 12.7. The van der Waals surface area contributed by atoms with Crippen molar-refractivity contribution in [1.82, 2.24) is 14.9 Å². The van der Waals surface area contributed by atoms with Gasteiger partial charge < -0.3 is 24.1 Å². The molecule has 0 spiro atoms. The van der Waals surface area contributed by atoms with E-state index in [0.717, 1.165) is 11.0 Å². The first-order valence-electron chi connectivity index (χ1n) is 13.5. The number of carbonyl (C=O) groups is 2. The highest BCUT2D eigenvalue weighted by molar-refractivity contribution is 5.82. The molecule has 4 atom stereocenters. The SMILES string of the molecule is COc1ncc(C(F)(F)F)cc1CO[C@H]1[C@H](C(C)(C)C)[C@@H](C(=O)O)N(C(=O)OC(C)C)[C@H]1c1cccnc1OC(C)C. The molecular formula is C29H38F3N3O7. The van der Waals surface area contributed by atoms with Crippen LogP contribution in [0.2, 0.25) is 0 Å². The third kappa shape index (κ3) is 7.23. The van der Waals surface area contributed by atoms with Crippen molar-refractivity contribution in [1.29, 1.82) is 0 Å². The monoisotopic (exact) mass is 597 g/mol. The second-order valence-electron chi connectivity index (χ2n) is 11.7. The molecule has 0 radical (unpaired) electrons. The number of carboxylic acids is 1. The summed E-state index contributed by atoms with van der Waals surface area (Å²) >= 11 is 0. The highest BCUT2D eigenvalue weighted by Gasteiger charge is 2.60. The molecule has 0 aromatic carbocycles. The summed E-state index contributed by atoms with van der Waals surface area (Å²) in [6.07, 6.45) is -5.33. The Hall–Kier alpha value is -3.61. The average Bonchev–Trinajstić information content (AvgIpc) is 3.22. The predicted octanol–water partition coefficient (Wildman–Crippen LogP) is 5.89. The van der Waals surface area contributed by atoms with E-state index in [2.05, 4.69) is 9.97 Å². The lowest BCUT2D eigenvalue weighted by Gasteiger charge is -2.34. The quantitative estimate of drug-likeness (QED) is 0.377. The lowest BCUT2D eigenvalue weighted by atomic mass is 9.73. The van der Waals surface area contributed by atoms with Gasteiger partial charge in [0.15, 0.2) is 0 Å². The molecule has 1 saturated heterocycles. The molecule has 0 aliphatic carbocycles. The first kappa shape index (κ1) is 32.9. The smallest absolute Gasteiger partial charge is 0.417 e. The van der Waals surface area contributed by atoms with Crippen molar-refractivity contribution in [2.45, 2.75) is 91.6 Å². The molecule has 1 aliphatic rings.